The summed E-state index contributed by atoms with van der Waals surface area (Å²) in [5.41, 5.74) is 1.30. The first kappa shape index (κ1) is 9.03. The van der Waals surface area contributed by atoms with Gasteiger partial charge in [0.05, 0.1) is 11.6 Å². The summed E-state index contributed by atoms with van der Waals surface area (Å²) in [5.74, 6) is 1.60. The van der Waals surface area contributed by atoms with Crippen LogP contribution < -0.4 is 10.1 Å². The molecule has 0 bridgehead atoms. The number of methoxy groups -OCH3 is 1. The highest BCUT2D eigenvalue weighted by molar-refractivity contribution is 9.10. The zero-order chi connectivity index (χ0) is 9.26. The average Bonchev–Trinajstić information content (AvgIpc) is 2.01. The van der Waals surface area contributed by atoms with E-state index in [2.05, 4.69) is 33.4 Å². The molecule has 1 aliphatic rings. The van der Waals surface area contributed by atoms with Crippen molar-refractivity contribution in [3.8, 4) is 5.75 Å². The SMILES string of the molecule is COc1c(Br)cccc1C1CNC1. The minimum atomic E-state index is 0.618. The Bertz CT molecular complexity index is 310. The topological polar surface area (TPSA) is 21.3 Å². The van der Waals surface area contributed by atoms with E-state index in [4.69, 9.17) is 4.74 Å². The number of para-hydroxylation sites is 1. The van der Waals surface area contributed by atoms with Gasteiger partial charge in [-0.3, -0.25) is 0 Å². The van der Waals surface area contributed by atoms with Crippen LogP contribution in [0.3, 0.4) is 0 Å². The van der Waals surface area contributed by atoms with E-state index in [0.717, 1.165) is 23.3 Å². The van der Waals surface area contributed by atoms with E-state index in [1.54, 1.807) is 7.11 Å². The fraction of sp³-hybridized carbons (Fsp3) is 0.400. The molecule has 1 N–H and O–H groups in total. The van der Waals surface area contributed by atoms with Crippen molar-refractivity contribution in [3.05, 3.63) is 28.2 Å². The Hall–Kier alpha value is -0.540. The molecule has 1 heterocycles. The largest absolute Gasteiger partial charge is 0.495 e. The van der Waals surface area contributed by atoms with Crippen LogP contribution in [-0.4, -0.2) is 20.2 Å². The Morgan fingerprint density at radius 1 is 1.46 bits per heavy atom. The maximum Gasteiger partial charge on any atom is 0.136 e. The molecule has 0 unspecified atom stereocenters. The predicted octanol–water partition coefficient (Wildman–Crippen LogP) is 2.14. The number of hydrogen-bond donors (Lipinski definition) is 1. The molecule has 2 rings (SSSR count). The second-order valence-electron chi connectivity index (χ2n) is 3.22. The molecule has 70 valence electrons. The smallest absolute Gasteiger partial charge is 0.136 e. The van der Waals surface area contributed by atoms with Gasteiger partial charge < -0.3 is 10.1 Å². The molecule has 13 heavy (non-hydrogen) atoms. The molecule has 0 spiro atoms. The standard InChI is InChI=1S/C10H12BrNO/c1-13-10-8(7-5-12-6-7)3-2-4-9(10)11/h2-4,7,12H,5-6H2,1H3. The average molecular weight is 242 g/mol. The third-order valence-corrected chi connectivity index (χ3v) is 3.05. The molecule has 1 aromatic rings. The van der Waals surface area contributed by atoms with Crippen molar-refractivity contribution in [2.45, 2.75) is 5.92 Å². The van der Waals surface area contributed by atoms with Gasteiger partial charge in [0.25, 0.3) is 0 Å². The van der Waals surface area contributed by atoms with Gasteiger partial charge in [-0.25, -0.2) is 0 Å². The molecule has 2 nitrogen and oxygen atoms in total. The van der Waals surface area contributed by atoms with Crippen molar-refractivity contribution >= 4 is 15.9 Å². The van der Waals surface area contributed by atoms with E-state index in [0.29, 0.717) is 5.92 Å². The monoisotopic (exact) mass is 241 g/mol. The quantitative estimate of drug-likeness (QED) is 0.857. The summed E-state index contributed by atoms with van der Waals surface area (Å²) < 4.78 is 6.40. The molecule has 0 saturated carbocycles. The van der Waals surface area contributed by atoms with Crippen molar-refractivity contribution < 1.29 is 4.74 Å². The molecule has 1 aromatic carbocycles. The summed E-state index contributed by atoms with van der Waals surface area (Å²) >= 11 is 3.48. The molecular weight excluding hydrogens is 230 g/mol. The fourth-order valence-corrected chi connectivity index (χ4v) is 2.11. The lowest BCUT2D eigenvalue weighted by Gasteiger charge is -2.29. The van der Waals surface area contributed by atoms with Gasteiger partial charge in [0.2, 0.25) is 0 Å². The minimum absolute atomic E-state index is 0.618. The summed E-state index contributed by atoms with van der Waals surface area (Å²) in [6.07, 6.45) is 0. The molecular formula is C10H12BrNO. The first-order chi connectivity index (χ1) is 6.33. The lowest BCUT2D eigenvalue weighted by atomic mass is 9.93. The summed E-state index contributed by atoms with van der Waals surface area (Å²) in [4.78, 5) is 0. The second kappa shape index (κ2) is 3.68. The van der Waals surface area contributed by atoms with Gasteiger partial charge in [-0.2, -0.15) is 0 Å². The van der Waals surface area contributed by atoms with Crippen LogP contribution in [0.25, 0.3) is 0 Å². The molecule has 1 saturated heterocycles. The van der Waals surface area contributed by atoms with Crippen LogP contribution in [0.1, 0.15) is 11.5 Å². The summed E-state index contributed by atoms with van der Waals surface area (Å²) in [5, 5.41) is 3.26. The third-order valence-electron chi connectivity index (χ3n) is 2.42. The van der Waals surface area contributed by atoms with Crippen molar-refractivity contribution in [3.63, 3.8) is 0 Å². The maximum atomic E-state index is 5.36. The van der Waals surface area contributed by atoms with E-state index in [-0.39, 0.29) is 0 Å². The van der Waals surface area contributed by atoms with Gasteiger partial charge in [-0.05, 0) is 22.0 Å². The minimum Gasteiger partial charge on any atom is -0.495 e. The molecule has 0 radical (unpaired) electrons. The van der Waals surface area contributed by atoms with Crippen LogP contribution in [0, 0.1) is 0 Å². The molecule has 0 atom stereocenters. The van der Waals surface area contributed by atoms with Gasteiger partial charge in [-0.15, -0.1) is 0 Å². The van der Waals surface area contributed by atoms with Gasteiger partial charge in [0.1, 0.15) is 5.75 Å². The maximum absolute atomic E-state index is 5.36. The molecule has 0 amide bonds. The number of benzene rings is 1. The van der Waals surface area contributed by atoms with E-state index in [1.165, 1.54) is 5.56 Å². The van der Waals surface area contributed by atoms with Crippen molar-refractivity contribution in [2.24, 2.45) is 0 Å². The number of nitrogens with one attached hydrogen (secondary N) is 1. The lowest BCUT2D eigenvalue weighted by molar-refractivity contribution is 0.383. The van der Waals surface area contributed by atoms with Crippen LogP contribution in [0.4, 0.5) is 0 Å². The van der Waals surface area contributed by atoms with E-state index < -0.39 is 0 Å². The first-order valence-corrected chi connectivity index (χ1v) is 5.15. The van der Waals surface area contributed by atoms with Gasteiger partial charge in [0, 0.05) is 24.6 Å². The molecule has 0 aromatic heterocycles. The number of hydrogen-bond acceptors (Lipinski definition) is 2. The highest BCUT2D eigenvalue weighted by atomic mass is 79.9. The highest BCUT2D eigenvalue weighted by Crippen LogP contribution is 2.34. The zero-order valence-corrected chi connectivity index (χ0v) is 9.10. The van der Waals surface area contributed by atoms with Gasteiger partial charge in [-0.1, -0.05) is 12.1 Å². The molecule has 0 aliphatic carbocycles. The van der Waals surface area contributed by atoms with E-state index in [1.807, 2.05) is 6.07 Å². The number of ether oxygens (including phenoxy) is 1. The Labute approximate surface area is 86.4 Å². The van der Waals surface area contributed by atoms with Crippen LogP contribution in [0.5, 0.6) is 5.75 Å². The van der Waals surface area contributed by atoms with E-state index >= 15 is 0 Å². The van der Waals surface area contributed by atoms with Crippen LogP contribution in [-0.2, 0) is 0 Å². The number of halogens is 1. The van der Waals surface area contributed by atoms with Gasteiger partial charge >= 0.3 is 0 Å². The van der Waals surface area contributed by atoms with Gasteiger partial charge in [0.15, 0.2) is 0 Å². The van der Waals surface area contributed by atoms with Crippen molar-refractivity contribution in [1.29, 1.82) is 0 Å². The Morgan fingerprint density at radius 3 is 2.77 bits per heavy atom. The fourth-order valence-electron chi connectivity index (χ4n) is 1.57. The van der Waals surface area contributed by atoms with E-state index in [9.17, 15) is 0 Å². The first-order valence-electron chi connectivity index (χ1n) is 4.36. The summed E-state index contributed by atoms with van der Waals surface area (Å²) in [7, 11) is 1.72. The molecule has 1 aliphatic heterocycles. The molecule has 1 fully saturated rings. The van der Waals surface area contributed by atoms with Crippen molar-refractivity contribution in [2.75, 3.05) is 20.2 Å². The summed E-state index contributed by atoms with van der Waals surface area (Å²) in [6.45, 7) is 2.12. The summed E-state index contributed by atoms with van der Waals surface area (Å²) in [6, 6.07) is 6.20. The Balaban J connectivity index is 2.37. The van der Waals surface area contributed by atoms with Crippen LogP contribution >= 0.6 is 15.9 Å². The number of rotatable bonds is 2. The van der Waals surface area contributed by atoms with Crippen LogP contribution in [0.15, 0.2) is 22.7 Å². The molecule has 3 heteroatoms. The zero-order valence-electron chi connectivity index (χ0n) is 7.51. The van der Waals surface area contributed by atoms with Crippen molar-refractivity contribution in [1.82, 2.24) is 5.32 Å². The van der Waals surface area contributed by atoms with Crippen LogP contribution in [0.2, 0.25) is 0 Å². The Morgan fingerprint density at radius 2 is 2.23 bits per heavy atom. The highest BCUT2D eigenvalue weighted by Gasteiger charge is 2.22. The Kier molecular flexibility index (Phi) is 2.56. The predicted molar refractivity (Wildman–Crippen MR) is 56.3 cm³/mol. The normalized spacial score (nSPS) is 16.8. The lowest BCUT2D eigenvalue weighted by Crippen LogP contribution is -2.40. The third kappa shape index (κ3) is 1.58. The second-order valence-corrected chi connectivity index (χ2v) is 4.07.